The van der Waals surface area contributed by atoms with E-state index in [0.29, 0.717) is 6.54 Å². The lowest BCUT2D eigenvalue weighted by Crippen LogP contribution is -2.52. The van der Waals surface area contributed by atoms with Crippen molar-refractivity contribution in [1.82, 2.24) is 10.2 Å². The third kappa shape index (κ3) is 6.39. The van der Waals surface area contributed by atoms with E-state index in [4.69, 9.17) is 9.47 Å². The predicted octanol–water partition coefficient (Wildman–Crippen LogP) is 3.41. The van der Waals surface area contributed by atoms with Gasteiger partial charge in [-0.05, 0) is 31.9 Å². The monoisotopic (exact) mass is 396 g/mol. The van der Waals surface area contributed by atoms with Crippen LogP contribution in [0.4, 0.5) is 0 Å². The van der Waals surface area contributed by atoms with E-state index in [1.807, 2.05) is 60.7 Å². The Labute approximate surface area is 174 Å². The summed E-state index contributed by atoms with van der Waals surface area (Å²) < 4.78 is 11.8. The highest BCUT2D eigenvalue weighted by molar-refractivity contribution is 5.77. The SMILES string of the molecule is C[C@@H]1CN([C@@H](C)CNC(=O)COC(c2ccccc2)c2ccccc2)C[C@H](C)O1. The maximum Gasteiger partial charge on any atom is 0.246 e. The molecule has 1 heterocycles. The Morgan fingerprint density at radius 3 is 2.07 bits per heavy atom. The molecule has 29 heavy (non-hydrogen) atoms. The molecule has 2 aromatic rings. The van der Waals surface area contributed by atoms with Crippen LogP contribution in [0.15, 0.2) is 60.7 Å². The van der Waals surface area contributed by atoms with Crippen LogP contribution in [0.5, 0.6) is 0 Å². The molecule has 5 heteroatoms. The Bertz CT molecular complexity index is 704. The molecule has 0 bridgehead atoms. The van der Waals surface area contributed by atoms with E-state index >= 15 is 0 Å². The fourth-order valence-corrected chi connectivity index (χ4v) is 3.82. The van der Waals surface area contributed by atoms with E-state index < -0.39 is 0 Å². The Kier molecular flexibility index (Phi) is 7.81. The first-order valence-electron chi connectivity index (χ1n) is 10.4. The van der Waals surface area contributed by atoms with Crippen molar-refractivity contribution in [2.45, 2.75) is 45.1 Å². The zero-order valence-electron chi connectivity index (χ0n) is 17.6. The molecule has 0 unspecified atom stereocenters. The quantitative estimate of drug-likeness (QED) is 0.743. The Morgan fingerprint density at radius 1 is 1.03 bits per heavy atom. The van der Waals surface area contributed by atoms with Crippen LogP contribution in [0.3, 0.4) is 0 Å². The summed E-state index contributed by atoms with van der Waals surface area (Å²) >= 11 is 0. The molecule has 1 aliphatic heterocycles. The molecule has 0 radical (unpaired) electrons. The van der Waals surface area contributed by atoms with E-state index in [2.05, 4.69) is 31.0 Å². The van der Waals surface area contributed by atoms with Crippen LogP contribution in [0.25, 0.3) is 0 Å². The number of morpholine rings is 1. The van der Waals surface area contributed by atoms with Gasteiger partial charge in [0.25, 0.3) is 0 Å². The van der Waals surface area contributed by atoms with Gasteiger partial charge in [0.1, 0.15) is 12.7 Å². The zero-order chi connectivity index (χ0) is 20.6. The first kappa shape index (κ1) is 21.5. The molecule has 3 atom stereocenters. The Hall–Kier alpha value is -2.21. The molecule has 1 fully saturated rings. The van der Waals surface area contributed by atoms with Crippen LogP contribution in [0.2, 0.25) is 0 Å². The lowest BCUT2D eigenvalue weighted by atomic mass is 10.0. The number of nitrogens with zero attached hydrogens (tertiary/aromatic N) is 1. The fourth-order valence-electron chi connectivity index (χ4n) is 3.82. The summed E-state index contributed by atoms with van der Waals surface area (Å²) in [6.45, 7) is 8.73. The molecule has 3 rings (SSSR count). The van der Waals surface area contributed by atoms with Gasteiger partial charge in [0.05, 0.1) is 12.2 Å². The lowest BCUT2D eigenvalue weighted by molar-refractivity contribution is -0.127. The number of nitrogens with one attached hydrogen (secondary N) is 1. The average Bonchev–Trinajstić information content (AvgIpc) is 2.73. The molecule has 0 aromatic heterocycles. The molecular formula is C24H32N2O3. The number of hydrogen-bond acceptors (Lipinski definition) is 4. The smallest absolute Gasteiger partial charge is 0.246 e. The average molecular weight is 397 g/mol. The minimum Gasteiger partial charge on any atom is -0.373 e. The standard InChI is InChI=1S/C24H32N2O3/c1-18(26-15-19(2)29-20(3)16-26)14-25-23(27)17-28-24(21-10-6-4-7-11-21)22-12-8-5-9-13-22/h4-13,18-20,24H,14-17H2,1-3H3,(H,25,27)/t18-,19-,20+/m0/s1. The van der Waals surface area contributed by atoms with Gasteiger partial charge in [-0.1, -0.05) is 60.7 Å². The van der Waals surface area contributed by atoms with Crippen LogP contribution in [0, 0.1) is 0 Å². The molecule has 1 aliphatic rings. The molecule has 0 spiro atoms. The highest BCUT2D eigenvalue weighted by atomic mass is 16.5. The van der Waals surface area contributed by atoms with Crippen molar-refractivity contribution in [2.75, 3.05) is 26.2 Å². The second-order valence-electron chi connectivity index (χ2n) is 7.88. The van der Waals surface area contributed by atoms with Gasteiger partial charge in [-0.15, -0.1) is 0 Å². The molecule has 1 saturated heterocycles. The molecule has 156 valence electrons. The first-order chi connectivity index (χ1) is 14.0. The molecule has 2 aromatic carbocycles. The highest BCUT2D eigenvalue weighted by Crippen LogP contribution is 2.25. The summed E-state index contributed by atoms with van der Waals surface area (Å²) in [5, 5.41) is 3.02. The van der Waals surface area contributed by atoms with Crippen LogP contribution >= 0.6 is 0 Å². The van der Waals surface area contributed by atoms with Crippen LogP contribution in [0.1, 0.15) is 38.0 Å². The van der Waals surface area contributed by atoms with E-state index in [-0.39, 0.29) is 36.9 Å². The van der Waals surface area contributed by atoms with Crippen molar-refractivity contribution in [2.24, 2.45) is 0 Å². The number of benzene rings is 2. The predicted molar refractivity (Wildman–Crippen MR) is 115 cm³/mol. The van der Waals surface area contributed by atoms with Crippen LogP contribution in [-0.2, 0) is 14.3 Å². The second kappa shape index (κ2) is 10.5. The summed E-state index contributed by atoms with van der Waals surface area (Å²) in [6, 6.07) is 20.3. The Balaban J connectivity index is 1.52. The van der Waals surface area contributed by atoms with Crippen molar-refractivity contribution in [1.29, 1.82) is 0 Å². The summed E-state index contributed by atoms with van der Waals surface area (Å²) in [5.41, 5.74) is 2.08. The maximum atomic E-state index is 12.4. The number of rotatable bonds is 8. The van der Waals surface area contributed by atoms with Gasteiger partial charge < -0.3 is 14.8 Å². The molecular weight excluding hydrogens is 364 g/mol. The third-order valence-electron chi connectivity index (χ3n) is 5.25. The Morgan fingerprint density at radius 2 is 1.55 bits per heavy atom. The summed E-state index contributed by atoms with van der Waals surface area (Å²) in [7, 11) is 0. The number of carbonyl (C=O) groups is 1. The minimum atomic E-state index is -0.262. The number of carbonyl (C=O) groups excluding carboxylic acids is 1. The van der Waals surface area contributed by atoms with E-state index in [1.54, 1.807) is 0 Å². The van der Waals surface area contributed by atoms with Crippen molar-refractivity contribution < 1.29 is 14.3 Å². The van der Waals surface area contributed by atoms with E-state index in [1.165, 1.54) is 0 Å². The molecule has 1 N–H and O–H groups in total. The second-order valence-corrected chi connectivity index (χ2v) is 7.88. The lowest BCUT2D eigenvalue weighted by Gasteiger charge is -2.39. The summed E-state index contributed by atoms with van der Waals surface area (Å²) in [4.78, 5) is 14.8. The normalized spacial score (nSPS) is 21.1. The third-order valence-corrected chi connectivity index (χ3v) is 5.25. The van der Waals surface area contributed by atoms with Gasteiger partial charge in [-0.25, -0.2) is 0 Å². The molecule has 5 nitrogen and oxygen atoms in total. The van der Waals surface area contributed by atoms with Gasteiger partial charge in [-0.2, -0.15) is 0 Å². The van der Waals surface area contributed by atoms with Crippen LogP contribution in [-0.4, -0.2) is 55.3 Å². The van der Waals surface area contributed by atoms with Gasteiger partial charge in [0.2, 0.25) is 5.91 Å². The maximum absolute atomic E-state index is 12.4. The van der Waals surface area contributed by atoms with E-state index in [0.717, 1.165) is 24.2 Å². The summed E-state index contributed by atoms with van der Waals surface area (Å²) in [6.07, 6.45) is 0.178. The minimum absolute atomic E-state index is 0.0249. The van der Waals surface area contributed by atoms with Crippen molar-refractivity contribution in [3.63, 3.8) is 0 Å². The molecule has 0 aliphatic carbocycles. The van der Waals surface area contributed by atoms with Crippen molar-refractivity contribution >= 4 is 5.91 Å². The van der Waals surface area contributed by atoms with Gasteiger partial charge >= 0.3 is 0 Å². The van der Waals surface area contributed by atoms with Crippen molar-refractivity contribution in [3.8, 4) is 0 Å². The molecule has 0 saturated carbocycles. The zero-order valence-corrected chi connectivity index (χ0v) is 17.6. The van der Waals surface area contributed by atoms with E-state index in [9.17, 15) is 4.79 Å². The number of amides is 1. The van der Waals surface area contributed by atoms with Gasteiger partial charge in [0, 0.05) is 25.7 Å². The van der Waals surface area contributed by atoms with Crippen LogP contribution < -0.4 is 5.32 Å². The van der Waals surface area contributed by atoms with Gasteiger partial charge in [-0.3, -0.25) is 9.69 Å². The number of ether oxygens (including phenoxy) is 2. The topological polar surface area (TPSA) is 50.8 Å². The fraction of sp³-hybridized carbons (Fsp3) is 0.458. The first-order valence-corrected chi connectivity index (χ1v) is 10.4. The highest BCUT2D eigenvalue weighted by Gasteiger charge is 2.26. The van der Waals surface area contributed by atoms with Gasteiger partial charge in [0.15, 0.2) is 0 Å². The largest absolute Gasteiger partial charge is 0.373 e. The molecule has 1 amide bonds. The summed E-state index contributed by atoms with van der Waals surface area (Å²) in [5.74, 6) is -0.0944. The number of hydrogen-bond donors (Lipinski definition) is 1. The van der Waals surface area contributed by atoms with Crippen molar-refractivity contribution in [3.05, 3.63) is 71.8 Å².